The normalized spacial score (nSPS) is 15.1. The first-order valence-corrected chi connectivity index (χ1v) is 19.3. The van der Waals surface area contributed by atoms with Gasteiger partial charge in [-0.2, -0.15) is 0 Å². The van der Waals surface area contributed by atoms with Gasteiger partial charge in [0.05, 0.1) is 39.6 Å². The van der Waals surface area contributed by atoms with Crippen molar-refractivity contribution >= 4 is 31.9 Å². The van der Waals surface area contributed by atoms with E-state index in [2.05, 4.69) is 72.1 Å². The van der Waals surface area contributed by atoms with Crippen LogP contribution < -0.4 is 16.0 Å². The Labute approximate surface area is 319 Å². The Morgan fingerprint density at radius 3 is 1.77 bits per heavy atom. The fourth-order valence-electron chi connectivity index (χ4n) is 5.62. The maximum atomic E-state index is 13.8. The van der Waals surface area contributed by atoms with Crippen LogP contribution in [0.5, 0.6) is 0 Å². The van der Waals surface area contributed by atoms with E-state index in [1.54, 1.807) is 37.2 Å². The lowest BCUT2D eigenvalue weighted by Gasteiger charge is -2.06. The van der Waals surface area contributed by atoms with Gasteiger partial charge in [0, 0.05) is 54.5 Å². The maximum absolute atomic E-state index is 13.8. The van der Waals surface area contributed by atoms with Crippen molar-refractivity contribution in [1.29, 1.82) is 0 Å². The molecule has 3 fully saturated rings. The molecule has 10 heteroatoms. The molecule has 0 saturated heterocycles. The van der Waals surface area contributed by atoms with Crippen molar-refractivity contribution in [1.82, 2.24) is 16.0 Å². The summed E-state index contributed by atoms with van der Waals surface area (Å²) in [5.74, 6) is 1.03. The molecule has 3 aromatic heterocycles. The number of benzene rings is 3. The third-order valence-corrected chi connectivity index (χ3v) is 10.4. The maximum Gasteiger partial charge on any atom is 0.150 e. The lowest BCUT2D eigenvalue weighted by molar-refractivity contribution is 0.567. The quantitative estimate of drug-likeness (QED) is 0.114. The Bertz CT molecular complexity index is 2050. The molecule has 3 saturated carbocycles. The van der Waals surface area contributed by atoms with Crippen LogP contribution in [0.4, 0.5) is 8.78 Å². The highest BCUT2D eigenvalue weighted by molar-refractivity contribution is 9.11. The molecule has 0 unspecified atom stereocenters. The second kappa shape index (κ2) is 17.4. The van der Waals surface area contributed by atoms with Gasteiger partial charge in [-0.25, -0.2) is 8.78 Å². The zero-order valence-electron chi connectivity index (χ0n) is 28.6. The van der Waals surface area contributed by atoms with Crippen molar-refractivity contribution in [2.24, 2.45) is 0 Å². The minimum Gasteiger partial charge on any atom is -0.472 e. The SMILES string of the molecule is Brc1ccoc1-c1cccc(CNC2CC2)c1.Fc1ccc(-c2ccoc2)cc1CNC1CC1.Fc1ccc(CNC2CC2)cc1-c1occc1Br. The number of rotatable bonds is 12. The molecule has 6 aromatic rings. The fourth-order valence-corrected chi connectivity index (χ4v) is 6.47. The summed E-state index contributed by atoms with van der Waals surface area (Å²) < 4.78 is 45.0. The van der Waals surface area contributed by atoms with Crippen LogP contribution in [-0.2, 0) is 19.6 Å². The van der Waals surface area contributed by atoms with Gasteiger partial charge >= 0.3 is 0 Å². The molecule has 6 nitrogen and oxygen atoms in total. The first-order chi connectivity index (χ1) is 25.4. The molecular weight excluding hydrogens is 792 g/mol. The van der Waals surface area contributed by atoms with Gasteiger partial charge in [0.25, 0.3) is 0 Å². The summed E-state index contributed by atoms with van der Waals surface area (Å²) in [4.78, 5) is 0. The van der Waals surface area contributed by atoms with E-state index < -0.39 is 0 Å². The third kappa shape index (κ3) is 10.4. The smallest absolute Gasteiger partial charge is 0.150 e. The first kappa shape index (κ1) is 36.6. The molecule has 3 aliphatic rings. The van der Waals surface area contributed by atoms with Gasteiger partial charge in [0.15, 0.2) is 5.76 Å². The van der Waals surface area contributed by atoms with E-state index in [0.717, 1.165) is 61.7 Å². The van der Waals surface area contributed by atoms with Crippen molar-refractivity contribution in [3.8, 4) is 33.8 Å². The van der Waals surface area contributed by atoms with Gasteiger partial charge < -0.3 is 29.2 Å². The highest BCUT2D eigenvalue weighted by Gasteiger charge is 2.22. The second-order valence-corrected chi connectivity index (χ2v) is 15.2. The number of halogens is 4. The van der Waals surface area contributed by atoms with E-state index in [1.807, 2.05) is 30.3 Å². The monoisotopic (exact) mass is 831 g/mol. The van der Waals surface area contributed by atoms with Gasteiger partial charge in [0.1, 0.15) is 17.4 Å². The van der Waals surface area contributed by atoms with Crippen molar-refractivity contribution in [2.45, 2.75) is 76.3 Å². The largest absolute Gasteiger partial charge is 0.472 e. The van der Waals surface area contributed by atoms with Gasteiger partial charge in [-0.3, -0.25) is 0 Å². The van der Waals surface area contributed by atoms with Gasteiger partial charge in [-0.05, 0) is 136 Å². The van der Waals surface area contributed by atoms with Crippen LogP contribution in [-0.4, -0.2) is 18.1 Å². The zero-order chi connectivity index (χ0) is 35.9. The molecule has 9 rings (SSSR count). The van der Waals surface area contributed by atoms with Gasteiger partial charge in [0.2, 0.25) is 0 Å². The highest BCUT2D eigenvalue weighted by atomic mass is 79.9. The zero-order valence-corrected chi connectivity index (χ0v) is 31.8. The van der Waals surface area contributed by atoms with Crippen LogP contribution in [0.25, 0.3) is 33.8 Å². The highest BCUT2D eigenvalue weighted by Crippen LogP contribution is 2.33. The van der Waals surface area contributed by atoms with Crippen LogP contribution in [0.2, 0.25) is 0 Å². The minimum absolute atomic E-state index is 0.148. The van der Waals surface area contributed by atoms with Crippen LogP contribution >= 0.6 is 31.9 Å². The van der Waals surface area contributed by atoms with Crippen LogP contribution in [0, 0.1) is 11.6 Å². The summed E-state index contributed by atoms with van der Waals surface area (Å²) in [5, 5.41) is 10.3. The van der Waals surface area contributed by atoms with Gasteiger partial charge in [-0.15, -0.1) is 0 Å². The molecule has 0 spiro atoms. The first-order valence-electron chi connectivity index (χ1n) is 17.7. The molecule has 3 aromatic carbocycles. The second-order valence-electron chi connectivity index (χ2n) is 13.5. The van der Waals surface area contributed by atoms with Crippen LogP contribution in [0.15, 0.2) is 126 Å². The average molecular weight is 834 g/mol. The summed E-state index contributed by atoms with van der Waals surface area (Å²) >= 11 is 6.85. The van der Waals surface area contributed by atoms with Crippen molar-refractivity contribution < 1.29 is 22.0 Å². The molecule has 3 heterocycles. The van der Waals surface area contributed by atoms with E-state index >= 15 is 0 Å². The van der Waals surface area contributed by atoms with Gasteiger partial charge in [-0.1, -0.05) is 30.3 Å². The number of furan rings is 3. The summed E-state index contributed by atoms with van der Waals surface area (Å²) in [5.41, 5.74) is 6.69. The molecule has 52 heavy (non-hydrogen) atoms. The summed E-state index contributed by atoms with van der Waals surface area (Å²) in [7, 11) is 0. The van der Waals surface area contributed by atoms with E-state index in [4.69, 9.17) is 13.3 Å². The van der Waals surface area contributed by atoms with E-state index in [1.165, 1.54) is 56.2 Å². The molecule has 0 atom stereocenters. The summed E-state index contributed by atoms with van der Waals surface area (Å²) in [6.07, 6.45) is 14.1. The van der Waals surface area contributed by atoms with Crippen LogP contribution in [0.1, 0.15) is 55.2 Å². The lowest BCUT2D eigenvalue weighted by atomic mass is 10.1. The van der Waals surface area contributed by atoms with Crippen LogP contribution in [0.3, 0.4) is 0 Å². The van der Waals surface area contributed by atoms with E-state index in [0.29, 0.717) is 30.0 Å². The number of hydrogen-bond donors (Lipinski definition) is 3. The third-order valence-electron chi connectivity index (χ3n) is 9.10. The number of hydrogen-bond acceptors (Lipinski definition) is 6. The Kier molecular flexibility index (Phi) is 12.2. The fraction of sp³-hybridized carbons (Fsp3) is 0.286. The molecular formula is C42H41Br2F2N3O3. The van der Waals surface area contributed by atoms with Crippen molar-refractivity contribution in [3.63, 3.8) is 0 Å². The molecule has 0 aliphatic heterocycles. The predicted molar refractivity (Wildman–Crippen MR) is 207 cm³/mol. The topological polar surface area (TPSA) is 75.5 Å². The average Bonchev–Trinajstić information content (AvgIpc) is 4.13. The molecule has 0 amide bonds. The number of nitrogens with one attached hydrogen (secondary N) is 3. The Morgan fingerprint density at radius 1 is 0.558 bits per heavy atom. The molecule has 0 bridgehead atoms. The minimum atomic E-state index is -0.263. The standard InChI is InChI=1S/C14H13BrFNO.C14H14BrNO.C14H14FNO/c15-12-5-6-18-14(12)11-7-9(1-4-13(11)16)8-17-10-2-3-10;15-13-6-7-17-14(13)11-3-1-2-10(8-11)9-16-12-4-5-12;15-14-4-1-10(11-5-6-17-9-11)7-12(14)8-16-13-2-3-13/h1,4-7,10,17H,2-3,8H2;1-3,6-8,12,16H,4-5,9H2;1,4-7,9,13,16H,2-3,8H2. The molecule has 3 aliphatic carbocycles. The molecule has 0 radical (unpaired) electrons. The summed E-state index contributed by atoms with van der Waals surface area (Å²) in [6, 6.07) is 26.4. The van der Waals surface area contributed by atoms with Crippen molar-refractivity contribution in [2.75, 3.05) is 0 Å². The molecule has 3 N–H and O–H groups in total. The Balaban J connectivity index is 0.000000121. The predicted octanol–water partition coefficient (Wildman–Crippen LogP) is 11.4. The van der Waals surface area contributed by atoms with Crippen molar-refractivity contribution in [3.05, 3.63) is 141 Å². The Hall–Kier alpha value is -3.80. The lowest BCUT2D eigenvalue weighted by Crippen LogP contribution is -2.16. The van der Waals surface area contributed by atoms with E-state index in [9.17, 15) is 8.78 Å². The Morgan fingerprint density at radius 2 is 1.17 bits per heavy atom. The van der Waals surface area contributed by atoms with E-state index in [-0.39, 0.29) is 11.6 Å². The summed E-state index contributed by atoms with van der Waals surface area (Å²) in [6.45, 7) is 2.31. The molecule has 270 valence electrons.